The second kappa shape index (κ2) is 5.70. The Morgan fingerprint density at radius 1 is 1.47 bits per heavy atom. The molecule has 1 amide bonds. The van der Waals surface area contributed by atoms with Gasteiger partial charge in [-0.3, -0.25) is 4.79 Å². The van der Waals surface area contributed by atoms with E-state index in [0.29, 0.717) is 12.8 Å². The van der Waals surface area contributed by atoms with Crippen LogP contribution in [0.2, 0.25) is 0 Å². The van der Waals surface area contributed by atoms with Crippen LogP contribution >= 0.6 is 0 Å². The van der Waals surface area contributed by atoms with Crippen molar-refractivity contribution < 1.29 is 14.3 Å². The summed E-state index contributed by atoms with van der Waals surface area (Å²) in [5.74, 6) is -0.637. The van der Waals surface area contributed by atoms with Crippen LogP contribution in [-0.4, -0.2) is 30.6 Å². The van der Waals surface area contributed by atoms with Crippen molar-refractivity contribution in [3.05, 3.63) is 0 Å². The van der Waals surface area contributed by atoms with Crippen LogP contribution in [0.15, 0.2) is 0 Å². The summed E-state index contributed by atoms with van der Waals surface area (Å²) >= 11 is 0. The molecular formula is C10H20N2O3. The lowest BCUT2D eigenvalue weighted by Crippen LogP contribution is -2.40. The van der Waals surface area contributed by atoms with Gasteiger partial charge in [-0.15, -0.1) is 0 Å². The number of ether oxygens (including phenoxy) is 1. The highest BCUT2D eigenvalue weighted by atomic mass is 16.5. The normalized spacial score (nSPS) is 13.1. The molecule has 0 fully saturated rings. The van der Waals surface area contributed by atoms with Gasteiger partial charge in [-0.2, -0.15) is 0 Å². The molecule has 0 spiro atoms. The fourth-order valence-electron chi connectivity index (χ4n) is 0.985. The number of hydrogen-bond acceptors (Lipinski definition) is 4. The molecule has 0 heterocycles. The van der Waals surface area contributed by atoms with Gasteiger partial charge in [0.15, 0.2) is 0 Å². The second-order valence-corrected chi connectivity index (χ2v) is 4.30. The summed E-state index contributed by atoms with van der Waals surface area (Å²) in [6.45, 7) is 5.28. The average molecular weight is 216 g/mol. The molecule has 0 aromatic heterocycles. The number of methoxy groups -OCH3 is 1. The van der Waals surface area contributed by atoms with E-state index < -0.39 is 12.0 Å². The topological polar surface area (TPSA) is 81.4 Å². The molecule has 0 radical (unpaired) electrons. The van der Waals surface area contributed by atoms with Gasteiger partial charge in [-0.05, 0) is 27.2 Å². The maximum absolute atomic E-state index is 11.3. The van der Waals surface area contributed by atoms with Gasteiger partial charge in [0.2, 0.25) is 5.91 Å². The first-order valence-electron chi connectivity index (χ1n) is 4.92. The van der Waals surface area contributed by atoms with E-state index in [4.69, 9.17) is 5.73 Å². The number of rotatable bonds is 5. The molecule has 1 unspecified atom stereocenters. The molecule has 0 bridgehead atoms. The van der Waals surface area contributed by atoms with Gasteiger partial charge < -0.3 is 15.8 Å². The molecule has 3 N–H and O–H groups in total. The lowest BCUT2D eigenvalue weighted by Gasteiger charge is -2.18. The predicted octanol–water partition coefficient (Wildman–Crippen LogP) is 0.182. The zero-order chi connectivity index (χ0) is 12.1. The van der Waals surface area contributed by atoms with Crippen LogP contribution in [0.25, 0.3) is 0 Å². The summed E-state index contributed by atoms with van der Waals surface area (Å²) in [5.41, 5.74) is 5.36. The summed E-state index contributed by atoms with van der Waals surface area (Å²) in [6.07, 6.45) is 0.886. The Hall–Kier alpha value is -1.10. The van der Waals surface area contributed by atoms with E-state index in [1.807, 2.05) is 13.8 Å². The summed E-state index contributed by atoms with van der Waals surface area (Å²) in [7, 11) is 1.29. The van der Waals surface area contributed by atoms with E-state index in [0.717, 1.165) is 0 Å². The van der Waals surface area contributed by atoms with Crippen LogP contribution in [0.3, 0.4) is 0 Å². The quantitative estimate of drug-likeness (QED) is 0.642. The van der Waals surface area contributed by atoms with Crippen molar-refractivity contribution in [2.75, 3.05) is 7.11 Å². The van der Waals surface area contributed by atoms with Gasteiger partial charge in [0.25, 0.3) is 0 Å². The third-order valence-corrected chi connectivity index (χ3v) is 1.93. The van der Waals surface area contributed by atoms with Gasteiger partial charge in [0.05, 0.1) is 7.11 Å². The maximum Gasteiger partial charge on any atom is 0.328 e. The van der Waals surface area contributed by atoms with Gasteiger partial charge in [-0.1, -0.05) is 0 Å². The number of amides is 1. The van der Waals surface area contributed by atoms with E-state index >= 15 is 0 Å². The van der Waals surface area contributed by atoms with Crippen molar-refractivity contribution in [1.82, 2.24) is 5.32 Å². The largest absolute Gasteiger partial charge is 0.467 e. The number of nitrogens with two attached hydrogens (primary N) is 1. The molecule has 15 heavy (non-hydrogen) atoms. The molecule has 0 aliphatic carbocycles. The highest BCUT2D eigenvalue weighted by Gasteiger charge is 2.18. The van der Waals surface area contributed by atoms with Gasteiger partial charge in [0, 0.05) is 12.0 Å². The van der Waals surface area contributed by atoms with Crippen LogP contribution in [0.1, 0.15) is 33.6 Å². The van der Waals surface area contributed by atoms with Crippen LogP contribution in [-0.2, 0) is 14.3 Å². The number of nitrogens with one attached hydrogen (secondary N) is 1. The van der Waals surface area contributed by atoms with E-state index in [1.165, 1.54) is 7.11 Å². The summed E-state index contributed by atoms with van der Waals surface area (Å²) in [4.78, 5) is 22.3. The van der Waals surface area contributed by atoms with Crippen LogP contribution < -0.4 is 11.1 Å². The zero-order valence-electron chi connectivity index (χ0n) is 9.79. The van der Waals surface area contributed by atoms with E-state index in [1.54, 1.807) is 6.92 Å². The summed E-state index contributed by atoms with van der Waals surface area (Å²) in [6, 6.07) is -0.608. The van der Waals surface area contributed by atoms with Gasteiger partial charge in [-0.25, -0.2) is 4.79 Å². The van der Waals surface area contributed by atoms with Crippen LogP contribution in [0.4, 0.5) is 0 Å². The lowest BCUT2D eigenvalue weighted by atomic mass is 10.00. The molecule has 0 aliphatic heterocycles. The Bertz CT molecular complexity index is 233. The minimum atomic E-state index is -0.608. The highest BCUT2D eigenvalue weighted by molar-refractivity contribution is 5.84. The Morgan fingerprint density at radius 3 is 2.40 bits per heavy atom. The first kappa shape index (κ1) is 13.9. The molecule has 0 aromatic rings. The molecule has 0 saturated heterocycles. The maximum atomic E-state index is 11.3. The zero-order valence-corrected chi connectivity index (χ0v) is 9.79. The fourth-order valence-corrected chi connectivity index (χ4v) is 0.985. The first-order chi connectivity index (χ1) is 6.76. The second-order valence-electron chi connectivity index (χ2n) is 4.30. The van der Waals surface area contributed by atoms with E-state index in [2.05, 4.69) is 10.1 Å². The van der Waals surface area contributed by atoms with Gasteiger partial charge >= 0.3 is 5.97 Å². The van der Waals surface area contributed by atoms with Crippen LogP contribution in [0, 0.1) is 0 Å². The predicted molar refractivity (Wildman–Crippen MR) is 57.1 cm³/mol. The standard InChI is InChI=1S/C10H20N2O3/c1-7(9(14)15-4)12-8(13)5-6-10(2,3)11/h7H,5-6,11H2,1-4H3,(H,12,13). The van der Waals surface area contributed by atoms with Crippen molar-refractivity contribution in [1.29, 1.82) is 0 Å². The molecule has 88 valence electrons. The fraction of sp³-hybridized carbons (Fsp3) is 0.800. The van der Waals surface area contributed by atoms with Crippen molar-refractivity contribution in [3.8, 4) is 0 Å². The molecule has 5 nitrogen and oxygen atoms in total. The van der Waals surface area contributed by atoms with Crippen molar-refractivity contribution in [2.24, 2.45) is 5.73 Å². The van der Waals surface area contributed by atoms with Crippen molar-refractivity contribution in [2.45, 2.75) is 45.2 Å². The van der Waals surface area contributed by atoms with Gasteiger partial charge in [0.1, 0.15) is 6.04 Å². The number of hydrogen-bond donors (Lipinski definition) is 2. The SMILES string of the molecule is COC(=O)C(C)NC(=O)CCC(C)(C)N. The summed E-state index contributed by atoms with van der Waals surface area (Å²) in [5, 5.41) is 2.53. The van der Waals surface area contributed by atoms with E-state index in [-0.39, 0.29) is 11.4 Å². The smallest absolute Gasteiger partial charge is 0.328 e. The molecular weight excluding hydrogens is 196 g/mol. The average Bonchev–Trinajstić information content (AvgIpc) is 2.12. The summed E-state index contributed by atoms with van der Waals surface area (Å²) < 4.78 is 4.48. The number of carbonyl (C=O) groups excluding carboxylic acids is 2. The number of carbonyl (C=O) groups is 2. The highest BCUT2D eigenvalue weighted by Crippen LogP contribution is 2.06. The Morgan fingerprint density at radius 2 is 2.00 bits per heavy atom. The Balaban J connectivity index is 3.89. The first-order valence-corrected chi connectivity index (χ1v) is 4.92. The molecule has 0 aromatic carbocycles. The number of esters is 1. The molecule has 0 saturated carbocycles. The Labute approximate surface area is 90.4 Å². The molecule has 0 rings (SSSR count). The van der Waals surface area contributed by atoms with Crippen LogP contribution in [0.5, 0.6) is 0 Å². The van der Waals surface area contributed by atoms with Crippen molar-refractivity contribution in [3.63, 3.8) is 0 Å². The molecule has 5 heteroatoms. The third-order valence-electron chi connectivity index (χ3n) is 1.93. The lowest BCUT2D eigenvalue weighted by molar-refractivity contribution is -0.144. The Kier molecular flexibility index (Phi) is 5.28. The molecule has 0 aliphatic rings. The molecule has 1 atom stereocenters. The van der Waals surface area contributed by atoms with Crippen molar-refractivity contribution >= 4 is 11.9 Å². The minimum Gasteiger partial charge on any atom is -0.467 e. The third kappa shape index (κ3) is 6.90. The van der Waals surface area contributed by atoms with E-state index in [9.17, 15) is 9.59 Å². The monoisotopic (exact) mass is 216 g/mol. The minimum absolute atomic E-state index is 0.188.